The lowest BCUT2D eigenvalue weighted by molar-refractivity contribution is -0.384. The second kappa shape index (κ2) is 5.67. The van der Waals surface area contributed by atoms with E-state index in [1.54, 1.807) is 12.1 Å². The maximum atomic E-state index is 10.9. The van der Waals surface area contributed by atoms with Crippen LogP contribution in [-0.4, -0.2) is 11.5 Å². The number of anilines is 1. The predicted octanol–water partition coefficient (Wildman–Crippen LogP) is 3.67. The lowest BCUT2D eigenvalue weighted by atomic mass is 9.94. The van der Waals surface area contributed by atoms with Gasteiger partial charge in [0, 0.05) is 12.6 Å². The van der Waals surface area contributed by atoms with Crippen molar-refractivity contribution in [2.75, 3.05) is 11.9 Å². The Bertz CT molecular complexity index is 469. The number of nitro groups is 1. The molecule has 1 aliphatic carbocycles. The van der Waals surface area contributed by atoms with Gasteiger partial charge in [0.05, 0.1) is 4.92 Å². The minimum atomic E-state index is -0.331. The molecule has 0 amide bonds. The molecule has 1 N–H and O–H groups in total. The zero-order valence-electron chi connectivity index (χ0n) is 10.6. The summed E-state index contributed by atoms with van der Waals surface area (Å²) in [4.78, 5) is 10.6. The first-order valence-electron chi connectivity index (χ1n) is 6.30. The molecule has 1 aromatic carbocycles. The Morgan fingerprint density at radius 1 is 1.44 bits per heavy atom. The third-order valence-corrected chi connectivity index (χ3v) is 3.31. The Labute approximate surface area is 107 Å². The second-order valence-electron chi connectivity index (χ2n) is 4.81. The fraction of sp³-hybridized carbons (Fsp3) is 0.429. The van der Waals surface area contributed by atoms with Gasteiger partial charge >= 0.3 is 0 Å². The van der Waals surface area contributed by atoms with E-state index in [-0.39, 0.29) is 10.6 Å². The zero-order chi connectivity index (χ0) is 13.0. The van der Waals surface area contributed by atoms with Crippen LogP contribution in [-0.2, 0) is 0 Å². The number of hydrogen-bond donors (Lipinski definition) is 1. The highest BCUT2D eigenvalue weighted by molar-refractivity contribution is 5.62. The van der Waals surface area contributed by atoms with Crippen molar-refractivity contribution in [2.24, 2.45) is 5.92 Å². The van der Waals surface area contributed by atoms with Gasteiger partial charge in [-0.1, -0.05) is 18.2 Å². The Balaban J connectivity index is 2.05. The number of nitro benzene ring substituents is 1. The molecule has 4 nitrogen and oxygen atoms in total. The number of nitrogens with zero attached hydrogens (tertiary/aromatic N) is 1. The van der Waals surface area contributed by atoms with Gasteiger partial charge in [-0.05, 0) is 43.7 Å². The summed E-state index contributed by atoms with van der Waals surface area (Å²) in [6.07, 6.45) is 7.73. The van der Waals surface area contributed by atoms with Crippen molar-refractivity contribution in [1.29, 1.82) is 0 Å². The Morgan fingerprint density at radius 2 is 2.28 bits per heavy atom. The van der Waals surface area contributed by atoms with Crippen LogP contribution in [0.1, 0.15) is 24.8 Å². The highest BCUT2D eigenvalue weighted by Gasteiger charge is 2.15. The second-order valence-corrected chi connectivity index (χ2v) is 4.81. The van der Waals surface area contributed by atoms with Gasteiger partial charge < -0.3 is 5.32 Å². The Kier molecular flexibility index (Phi) is 3.97. The minimum Gasteiger partial charge on any atom is -0.379 e. The number of nitrogens with one attached hydrogen (secondary N) is 1. The van der Waals surface area contributed by atoms with E-state index in [2.05, 4.69) is 17.5 Å². The number of aryl methyl sites for hydroxylation is 1. The zero-order valence-corrected chi connectivity index (χ0v) is 10.6. The van der Waals surface area contributed by atoms with E-state index in [1.165, 1.54) is 0 Å². The number of hydrogen-bond acceptors (Lipinski definition) is 3. The molecule has 2 rings (SSSR count). The summed E-state index contributed by atoms with van der Waals surface area (Å²) >= 11 is 0. The van der Waals surface area contributed by atoms with Gasteiger partial charge in [-0.3, -0.25) is 10.1 Å². The minimum absolute atomic E-state index is 0.159. The average Bonchev–Trinajstić information content (AvgIpc) is 2.37. The molecule has 18 heavy (non-hydrogen) atoms. The van der Waals surface area contributed by atoms with Crippen molar-refractivity contribution < 1.29 is 4.92 Å². The van der Waals surface area contributed by atoms with E-state index in [1.807, 2.05) is 13.0 Å². The Morgan fingerprint density at radius 3 is 2.94 bits per heavy atom. The molecule has 4 heteroatoms. The predicted molar refractivity (Wildman–Crippen MR) is 72.8 cm³/mol. The molecule has 1 aliphatic rings. The monoisotopic (exact) mass is 246 g/mol. The first-order chi connectivity index (χ1) is 8.66. The van der Waals surface area contributed by atoms with Crippen LogP contribution in [0.3, 0.4) is 0 Å². The molecule has 0 saturated heterocycles. The lowest BCUT2D eigenvalue weighted by Gasteiger charge is -2.18. The third-order valence-electron chi connectivity index (χ3n) is 3.31. The van der Waals surface area contributed by atoms with Gasteiger partial charge in [0.1, 0.15) is 5.69 Å². The molecule has 0 aromatic heterocycles. The van der Waals surface area contributed by atoms with Crippen LogP contribution in [0, 0.1) is 23.0 Å². The molecular formula is C14H18N2O2. The molecule has 1 aromatic rings. The summed E-state index contributed by atoms with van der Waals surface area (Å²) in [5.41, 5.74) is 1.83. The van der Waals surface area contributed by atoms with E-state index in [9.17, 15) is 10.1 Å². The van der Waals surface area contributed by atoms with Gasteiger partial charge in [0.25, 0.3) is 5.69 Å². The Hall–Kier alpha value is -1.84. The normalized spacial score (nSPS) is 18.6. The van der Waals surface area contributed by atoms with Crippen LogP contribution in [0.25, 0.3) is 0 Å². The topological polar surface area (TPSA) is 55.2 Å². The quantitative estimate of drug-likeness (QED) is 0.501. The summed E-state index contributed by atoms with van der Waals surface area (Å²) in [6.45, 7) is 2.74. The smallest absolute Gasteiger partial charge is 0.292 e. The van der Waals surface area contributed by atoms with Crippen LogP contribution in [0.2, 0.25) is 0 Å². The van der Waals surface area contributed by atoms with E-state index < -0.39 is 0 Å². The average molecular weight is 246 g/mol. The maximum absolute atomic E-state index is 10.9. The molecule has 96 valence electrons. The van der Waals surface area contributed by atoms with Crippen LogP contribution >= 0.6 is 0 Å². The van der Waals surface area contributed by atoms with Crippen LogP contribution in [0.5, 0.6) is 0 Å². The van der Waals surface area contributed by atoms with Gasteiger partial charge in [0.2, 0.25) is 0 Å². The molecule has 0 aliphatic heterocycles. The van der Waals surface area contributed by atoms with Crippen molar-refractivity contribution >= 4 is 11.4 Å². The first kappa shape index (κ1) is 12.6. The van der Waals surface area contributed by atoms with Crippen molar-refractivity contribution in [1.82, 2.24) is 0 Å². The van der Waals surface area contributed by atoms with Gasteiger partial charge in [-0.15, -0.1) is 0 Å². The molecule has 1 atom stereocenters. The number of benzene rings is 1. The molecule has 0 spiro atoms. The van der Waals surface area contributed by atoms with Gasteiger partial charge in [-0.2, -0.15) is 0 Å². The standard InChI is InChI=1S/C14H18N2O2/c1-11-7-8-14(16(17)18)13(9-11)15-10-12-5-3-2-4-6-12/h2-3,7-9,12,15H,4-6,10H2,1H3. The molecule has 0 radical (unpaired) electrons. The number of allylic oxidation sites excluding steroid dienone is 2. The summed E-state index contributed by atoms with van der Waals surface area (Å²) in [5.74, 6) is 0.579. The molecule has 0 bridgehead atoms. The van der Waals surface area contributed by atoms with Crippen molar-refractivity contribution in [3.8, 4) is 0 Å². The summed E-state index contributed by atoms with van der Waals surface area (Å²) in [6, 6.07) is 5.18. The van der Waals surface area contributed by atoms with E-state index in [0.717, 1.165) is 31.4 Å². The molecule has 0 saturated carbocycles. The van der Waals surface area contributed by atoms with Crippen LogP contribution in [0.15, 0.2) is 30.4 Å². The van der Waals surface area contributed by atoms with Crippen molar-refractivity contribution in [2.45, 2.75) is 26.2 Å². The maximum Gasteiger partial charge on any atom is 0.292 e. The van der Waals surface area contributed by atoms with E-state index >= 15 is 0 Å². The highest BCUT2D eigenvalue weighted by Crippen LogP contribution is 2.26. The third kappa shape index (κ3) is 3.09. The molecular weight excluding hydrogens is 228 g/mol. The molecule has 0 heterocycles. The van der Waals surface area contributed by atoms with Crippen molar-refractivity contribution in [3.05, 3.63) is 46.0 Å². The highest BCUT2D eigenvalue weighted by atomic mass is 16.6. The summed E-state index contributed by atoms with van der Waals surface area (Å²) in [5, 5.41) is 14.2. The largest absolute Gasteiger partial charge is 0.379 e. The number of rotatable bonds is 4. The van der Waals surface area contributed by atoms with Gasteiger partial charge in [-0.25, -0.2) is 0 Å². The SMILES string of the molecule is Cc1ccc([N+](=O)[O-])c(NCC2CC=CCC2)c1. The summed E-state index contributed by atoms with van der Waals surface area (Å²) in [7, 11) is 0. The van der Waals surface area contributed by atoms with E-state index in [0.29, 0.717) is 11.6 Å². The first-order valence-corrected chi connectivity index (χ1v) is 6.30. The van der Waals surface area contributed by atoms with Crippen LogP contribution < -0.4 is 5.32 Å². The van der Waals surface area contributed by atoms with Gasteiger partial charge in [0.15, 0.2) is 0 Å². The van der Waals surface area contributed by atoms with Crippen LogP contribution in [0.4, 0.5) is 11.4 Å². The summed E-state index contributed by atoms with van der Waals surface area (Å²) < 4.78 is 0. The molecule has 1 unspecified atom stereocenters. The van der Waals surface area contributed by atoms with E-state index in [4.69, 9.17) is 0 Å². The lowest BCUT2D eigenvalue weighted by Crippen LogP contribution is -2.16. The fourth-order valence-corrected chi connectivity index (χ4v) is 2.25. The fourth-order valence-electron chi connectivity index (χ4n) is 2.25. The molecule has 0 fully saturated rings. The van der Waals surface area contributed by atoms with Crippen molar-refractivity contribution in [3.63, 3.8) is 0 Å².